The van der Waals surface area contributed by atoms with Crippen LogP contribution in [0.5, 0.6) is 11.6 Å². The molecule has 0 saturated carbocycles. The third kappa shape index (κ3) is 2.04. The first-order chi connectivity index (χ1) is 7.69. The van der Waals surface area contributed by atoms with Crippen LogP contribution in [-0.2, 0) is 7.05 Å². The summed E-state index contributed by atoms with van der Waals surface area (Å²) in [7, 11) is 1.83. The van der Waals surface area contributed by atoms with E-state index in [1.54, 1.807) is 28.9 Å². The molecular formula is C12H11N3O. The Bertz CT molecular complexity index is 534. The third-order valence-corrected chi connectivity index (χ3v) is 2.16. The van der Waals surface area contributed by atoms with Crippen LogP contribution in [0.25, 0.3) is 0 Å². The average Bonchev–Trinajstić information content (AvgIpc) is 2.59. The lowest BCUT2D eigenvalue weighted by atomic mass is 10.2. The molecule has 0 atom stereocenters. The smallest absolute Gasteiger partial charge is 0.217 e. The second kappa shape index (κ2) is 4.07. The molecule has 0 amide bonds. The minimum atomic E-state index is 0.619. The maximum atomic E-state index is 8.66. The summed E-state index contributed by atoms with van der Waals surface area (Å²) in [4.78, 5) is 0. The number of benzene rings is 1. The average molecular weight is 213 g/mol. The van der Waals surface area contributed by atoms with Crippen molar-refractivity contribution in [2.75, 3.05) is 0 Å². The Kier molecular flexibility index (Phi) is 2.61. The Labute approximate surface area is 93.7 Å². The Morgan fingerprint density at radius 3 is 2.50 bits per heavy atom. The van der Waals surface area contributed by atoms with Gasteiger partial charge in [0.05, 0.1) is 17.3 Å². The Morgan fingerprint density at radius 2 is 2.00 bits per heavy atom. The second-order valence-electron chi connectivity index (χ2n) is 3.49. The molecule has 1 heterocycles. The van der Waals surface area contributed by atoms with Gasteiger partial charge in [0.15, 0.2) is 0 Å². The minimum absolute atomic E-state index is 0.619. The zero-order valence-corrected chi connectivity index (χ0v) is 9.14. The Morgan fingerprint density at radius 1 is 1.31 bits per heavy atom. The zero-order valence-electron chi connectivity index (χ0n) is 9.14. The van der Waals surface area contributed by atoms with E-state index in [0.29, 0.717) is 17.2 Å². The van der Waals surface area contributed by atoms with Crippen LogP contribution in [0.4, 0.5) is 0 Å². The van der Waals surface area contributed by atoms with E-state index in [0.717, 1.165) is 5.69 Å². The van der Waals surface area contributed by atoms with Crippen molar-refractivity contribution in [2.24, 2.45) is 7.05 Å². The number of nitriles is 1. The van der Waals surface area contributed by atoms with Gasteiger partial charge in [0, 0.05) is 13.1 Å². The molecule has 0 aliphatic heterocycles. The van der Waals surface area contributed by atoms with Gasteiger partial charge in [-0.1, -0.05) is 0 Å². The van der Waals surface area contributed by atoms with Crippen LogP contribution in [-0.4, -0.2) is 9.78 Å². The summed E-state index contributed by atoms with van der Waals surface area (Å²) >= 11 is 0. The molecule has 4 heteroatoms. The predicted octanol–water partition coefficient (Wildman–Crippen LogP) is 2.39. The van der Waals surface area contributed by atoms with Crippen LogP contribution >= 0.6 is 0 Å². The first kappa shape index (κ1) is 10.2. The molecule has 4 nitrogen and oxygen atoms in total. The molecule has 2 aromatic rings. The van der Waals surface area contributed by atoms with Crippen molar-refractivity contribution in [2.45, 2.75) is 6.92 Å². The molecule has 0 spiro atoms. The highest BCUT2D eigenvalue weighted by atomic mass is 16.5. The molecule has 16 heavy (non-hydrogen) atoms. The van der Waals surface area contributed by atoms with Gasteiger partial charge in [-0.2, -0.15) is 10.4 Å². The lowest BCUT2D eigenvalue weighted by Crippen LogP contribution is -1.94. The standard InChI is InChI=1S/C12H11N3O/c1-9-7-12(15(2)14-9)16-11-5-3-10(8-13)4-6-11/h3-7H,1-2H3. The maximum Gasteiger partial charge on any atom is 0.217 e. The monoisotopic (exact) mass is 213 g/mol. The Balaban J connectivity index is 2.21. The first-order valence-corrected chi connectivity index (χ1v) is 4.87. The van der Waals surface area contributed by atoms with Gasteiger partial charge in [0.1, 0.15) is 5.75 Å². The van der Waals surface area contributed by atoms with E-state index in [-0.39, 0.29) is 0 Å². The minimum Gasteiger partial charge on any atom is -0.439 e. The maximum absolute atomic E-state index is 8.66. The third-order valence-electron chi connectivity index (χ3n) is 2.16. The van der Waals surface area contributed by atoms with Gasteiger partial charge in [0.2, 0.25) is 5.88 Å². The number of hydrogen-bond donors (Lipinski definition) is 0. The van der Waals surface area contributed by atoms with Crippen LogP contribution in [0, 0.1) is 18.3 Å². The van der Waals surface area contributed by atoms with Crippen molar-refractivity contribution >= 4 is 0 Å². The van der Waals surface area contributed by atoms with Gasteiger partial charge in [-0.05, 0) is 31.2 Å². The molecule has 2 rings (SSSR count). The summed E-state index contributed by atoms with van der Waals surface area (Å²) < 4.78 is 7.29. The number of aromatic nitrogens is 2. The van der Waals surface area contributed by atoms with Crippen molar-refractivity contribution in [3.63, 3.8) is 0 Å². The van der Waals surface area contributed by atoms with E-state index in [1.165, 1.54) is 0 Å². The molecule has 0 saturated heterocycles. The molecule has 0 aliphatic carbocycles. The van der Waals surface area contributed by atoms with Crippen LogP contribution in [0.1, 0.15) is 11.3 Å². The molecule has 1 aromatic heterocycles. The highest BCUT2D eigenvalue weighted by molar-refractivity contribution is 5.36. The largest absolute Gasteiger partial charge is 0.439 e. The van der Waals surface area contributed by atoms with Crippen LogP contribution in [0.2, 0.25) is 0 Å². The van der Waals surface area contributed by atoms with Gasteiger partial charge in [-0.3, -0.25) is 0 Å². The number of aryl methyl sites for hydroxylation is 2. The lowest BCUT2D eigenvalue weighted by molar-refractivity contribution is 0.430. The summed E-state index contributed by atoms with van der Waals surface area (Å²) in [6, 6.07) is 10.9. The highest BCUT2D eigenvalue weighted by Gasteiger charge is 2.04. The number of ether oxygens (including phenoxy) is 1. The van der Waals surface area contributed by atoms with Crippen molar-refractivity contribution in [1.29, 1.82) is 5.26 Å². The molecule has 0 unspecified atom stereocenters. The van der Waals surface area contributed by atoms with Gasteiger partial charge >= 0.3 is 0 Å². The van der Waals surface area contributed by atoms with Gasteiger partial charge in [-0.15, -0.1) is 0 Å². The van der Waals surface area contributed by atoms with Crippen molar-refractivity contribution in [3.05, 3.63) is 41.6 Å². The van der Waals surface area contributed by atoms with Crippen molar-refractivity contribution in [3.8, 4) is 17.7 Å². The summed E-state index contributed by atoms with van der Waals surface area (Å²) in [5, 5.41) is 12.8. The summed E-state index contributed by atoms with van der Waals surface area (Å²) in [6.07, 6.45) is 0. The normalized spacial score (nSPS) is 9.81. The fourth-order valence-corrected chi connectivity index (χ4v) is 1.40. The molecule has 0 N–H and O–H groups in total. The zero-order chi connectivity index (χ0) is 11.5. The topological polar surface area (TPSA) is 50.8 Å². The number of rotatable bonds is 2. The predicted molar refractivity (Wildman–Crippen MR) is 59.2 cm³/mol. The van der Waals surface area contributed by atoms with Crippen molar-refractivity contribution in [1.82, 2.24) is 9.78 Å². The Hall–Kier alpha value is -2.28. The van der Waals surface area contributed by atoms with Crippen LogP contribution in [0.15, 0.2) is 30.3 Å². The van der Waals surface area contributed by atoms with E-state index in [1.807, 2.05) is 20.0 Å². The summed E-state index contributed by atoms with van der Waals surface area (Å²) in [5.74, 6) is 1.38. The molecular weight excluding hydrogens is 202 g/mol. The fourth-order valence-electron chi connectivity index (χ4n) is 1.40. The molecule has 1 aromatic carbocycles. The van der Waals surface area contributed by atoms with Gasteiger partial charge in [-0.25, -0.2) is 4.68 Å². The number of hydrogen-bond acceptors (Lipinski definition) is 3. The van der Waals surface area contributed by atoms with Crippen LogP contribution < -0.4 is 4.74 Å². The first-order valence-electron chi connectivity index (χ1n) is 4.87. The SMILES string of the molecule is Cc1cc(Oc2ccc(C#N)cc2)n(C)n1. The van der Waals surface area contributed by atoms with E-state index in [2.05, 4.69) is 11.2 Å². The summed E-state index contributed by atoms with van der Waals surface area (Å²) in [5.41, 5.74) is 1.53. The molecule has 0 aliphatic rings. The van der Waals surface area contributed by atoms with Crippen molar-refractivity contribution < 1.29 is 4.74 Å². The highest BCUT2D eigenvalue weighted by Crippen LogP contribution is 2.21. The van der Waals surface area contributed by atoms with E-state index in [4.69, 9.17) is 10.00 Å². The fraction of sp³-hybridized carbons (Fsp3) is 0.167. The van der Waals surface area contributed by atoms with E-state index >= 15 is 0 Å². The molecule has 0 radical (unpaired) electrons. The van der Waals surface area contributed by atoms with E-state index < -0.39 is 0 Å². The van der Waals surface area contributed by atoms with Gasteiger partial charge in [0.25, 0.3) is 0 Å². The molecule has 0 fully saturated rings. The van der Waals surface area contributed by atoms with Crippen LogP contribution in [0.3, 0.4) is 0 Å². The molecule has 0 bridgehead atoms. The number of nitrogens with zero attached hydrogens (tertiary/aromatic N) is 3. The van der Waals surface area contributed by atoms with E-state index in [9.17, 15) is 0 Å². The lowest BCUT2D eigenvalue weighted by Gasteiger charge is -2.04. The quantitative estimate of drug-likeness (QED) is 0.769. The second-order valence-corrected chi connectivity index (χ2v) is 3.49. The molecule has 80 valence electrons. The van der Waals surface area contributed by atoms with Gasteiger partial charge < -0.3 is 4.74 Å². The summed E-state index contributed by atoms with van der Waals surface area (Å²) in [6.45, 7) is 1.91.